The van der Waals surface area contributed by atoms with E-state index in [2.05, 4.69) is 10.4 Å². The van der Waals surface area contributed by atoms with Crippen molar-refractivity contribution in [2.75, 3.05) is 5.32 Å². The number of nitro benzene ring substituents is 1. The average molecular weight is 461 g/mol. The van der Waals surface area contributed by atoms with Gasteiger partial charge in [-0.25, -0.2) is 4.68 Å². The van der Waals surface area contributed by atoms with Gasteiger partial charge in [-0.05, 0) is 36.8 Å². The number of nitrogens with zero attached hydrogens (tertiary/aromatic N) is 3. The zero-order chi connectivity index (χ0) is 23.5. The van der Waals surface area contributed by atoms with Crippen LogP contribution in [0.3, 0.4) is 0 Å². The number of nitrogens with one attached hydrogen (secondary N) is 1. The number of amides is 1. The van der Waals surface area contributed by atoms with Crippen molar-refractivity contribution in [2.24, 2.45) is 0 Å². The van der Waals surface area contributed by atoms with Crippen molar-refractivity contribution in [3.05, 3.63) is 115 Å². The number of aryl methyl sites for hydroxylation is 1. The largest absolute Gasteiger partial charge is 0.306 e. The van der Waals surface area contributed by atoms with E-state index in [0.717, 1.165) is 0 Å². The van der Waals surface area contributed by atoms with Crippen LogP contribution in [0.5, 0.6) is 0 Å². The van der Waals surface area contributed by atoms with Crippen LogP contribution in [-0.4, -0.2) is 20.6 Å². The number of rotatable bonds is 5. The fourth-order valence-electron chi connectivity index (χ4n) is 3.36. The first-order valence-corrected chi connectivity index (χ1v) is 10.2. The molecule has 0 bridgehead atoms. The minimum Gasteiger partial charge on any atom is -0.306 e. The van der Waals surface area contributed by atoms with Crippen LogP contribution in [0.15, 0.2) is 83.7 Å². The Labute approximate surface area is 193 Å². The van der Waals surface area contributed by atoms with Crippen LogP contribution in [0.2, 0.25) is 5.02 Å². The molecule has 8 nitrogen and oxygen atoms in total. The summed E-state index contributed by atoms with van der Waals surface area (Å²) in [5.74, 6) is -0.507. The first-order valence-electron chi connectivity index (χ1n) is 9.86. The van der Waals surface area contributed by atoms with Gasteiger partial charge in [0.15, 0.2) is 0 Å². The zero-order valence-corrected chi connectivity index (χ0v) is 18.1. The van der Waals surface area contributed by atoms with Gasteiger partial charge in [-0.15, -0.1) is 0 Å². The Morgan fingerprint density at radius 1 is 1.03 bits per heavy atom. The standard InChI is InChI=1S/C24H17ClN4O4/c1-15-22(30)21(16-7-3-2-4-8-16)23(28(27-15)19-11-6-10-18(25)14-19)26-24(31)17-9-5-12-20(13-17)29(32)33/h2-14H,1H3,(H,26,31). The molecule has 1 N–H and O–H groups in total. The van der Waals surface area contributed by atoms with Crippen molar-refractivity contribution < 1.29 is 9.72 Å². The predicted octanol–water partition coefficient (Wildman–Crippen LogP) is 5.02. The van der Waals surface area contributed by atoms with Gasteiger partial charge in [0.05, 0.1) is 16.2 Å². The summed E-state index contributed by atoms with van der Waals surface area (Å²) in [6.07, 6.45) is 0. The van der Waals surface area contributed by atoms with Gasteiger partial charge < -0.3 is 5.32 Å². The molecule has 0 aliphatic carbocycles. The van der Waals surface area contributed by atoms with Gasteiger partial charge in [0.1, 0.15) is 11.5 Å². The van der Waals surface area contributed by atoms with Crippen molar-refractivity contribution in [1.29, 1.82) is 0 Å². The highest BCUT2D eigenvalue weighted by Crippen LogP contribution is 2.28. The minimum absolute atomic E-state index is 0.0638. The number of carbonyl (C=O) groups is 1. The molecule has 3 aromatic carbocycles. The number of anilines is 1. The molecule has 9 heteroatoms. The molecule has 0 saturated heterocycles. The van der Waals surface area contributed by atoms with E-state index in [1.165, 1.54) is 28.9 Å². The monoisotopic (exact) mass is 460 g/mol. The SMILES string of the molecule is Cc1nn(-c2cccc(Cl)c2)c(NC(=O)c2cccc([N+](=O)[O-])c2)c(-c2ccccc2)c1=O. The Morgan fingerprint density at radius 2 is 1.76 bits per heavy atom. The second-order valence-electron chi connectivity index (χ2n) is 7.16. The lowest BCUT2D eigenvalue weighted by Gasteiger charge is -2.18. The second kappa shape index (κ2) is 9.05. The van der Waals surface area contributed by atoms with Crippen molar-refractivity contribution in [1.82, 2.24) is 9.78 Å². The summed E-state index contributed by atoms with van der Waals surface area (Å²) in [5, 5.41) is 18.7. The Kier molecular flexibility index (Phi) is 6.01. The summed E-state index contributed by atoms with van der Waals surface area (Å²) < 4.78 is 1.43. The number of hydrogen-bond acceptors (Lipinski definition) is 5. The molecule has 0 spiro atoms. The molecule has 4 rings (SSSR count). The van der Waals surface area contributed by atoms with Crippen LogP contribution in [0.25, 0.3) is 16.8 Å². The Morgan fingerprint density at radius 3 is 2.45 bits per heavy atom. The Balaban J connectivity index is 1.94. The summed E-state index contributed by atoms with van der Waals surface area (Å²) in [7, 11) is 0. The topological polar surface area (TPSA) is 107 Å². The lowest BCUT2D eigenvalue weighted by Crippen LogP contribution is -2.25. The Hall–Kier alpha value is -4.30. The third-order valence-corrected chi connectivity index (χ3v) is 5.16. The maximum Gasteiger partial charge on any atom is 0.270 e. The van der Waals surface area contributed by atoms with Crippen molar-refractivity contribution in [3.8, 4) is 16.8 Å². The normalized spacial score (nSPS) is 10.6. The van der Waals surface area contributed by atoms with Crippen LogP contribution in [0.1, 0.15) is 16.1 Å². The average Bonchev–Trinajstić information content (AvgIpc) is 2.82. The minimum atomic E-state index is -0.628. The number of halogens is 1. The van der Waals surface area contributed by atoms with Crippen LogP contribution in [-0.2, 0) is 0 Å². The number of carbonyl (C=O) groups excluding carboxylic acids is 1. The quantitative estimate of drug-likeness (QED) is 0.332. The van der Waals surface area contributed by atoms with Gasteiger partial charge in [-0.1, -0.05) is 54.1 Å². The summed E-state index contributed by atoms with van der Waals surface area (Å²) >= 11 is 6.17. The summed E-state index contributed by atoms with van der Waals surface area (Å²) in [6, 6.07) is 21.0. The predicted molar refractivity (Wildman–Crippen MR) is 126 cm³/mol. The summed E-state index contributed by atoms with van der Waals surface area (Å²) in [5.41, 5.74) is 1.06. The van der Waals surface area contributed by atoms with Gasteiger partial charge in [0.25, 0.3) is 11.6 Å². The van der Waals surface area contributed by atoms with Crippen molar-refractivity contribution in [2.45, 2.75) is 6.92 Å². The van der Waals surface area contributed by atoms with E-state index in [1.807, 2.05) is 6.07 Å². The van der Waals surface area contributed by atoms with Gasteiger partial charge in [-0.3, -0.25) is 19.7 Å². The number of benzene rings is 3. The van der Waals surface area contributed by atoms with E-state index in [4.69, 9.17) is 11.6 Å². The number of hydrogen-bond donors (Lipinski definition) is 1. The van der Waals surface area contributed by atoms with E-state index in [-0.39, 0.29) is 33.8 Å². The van der Waals surface area contributed by atoms with Crippen molar-refractivity contribution in [3.63, 3.8) is 0 Å². The lowest BCUT2D eigenvalue weighted by atomic mass is 10.0. The molecule has 164 valence electrons. The molecule has 4 aromatic rings. The van der Waals surface area contributed by atoms with Gasteiger partial charge in [0.2, 0.25) is 5.43 Å². The first kappa shape index (κ1) is 21.9. The van der Waals surface area contributed by atoms with E-state index < -0.39 is 10.8 Å². The van der Waals surface area contributed by atoms with E-state index in [9.17, 15) is 19.7 Å². The molecule has 0 saturated carbocycles. The maximum atomic E-state index is 13.2. The molecule has 33 heavy (non-hydrogen) atoms. The molecule has 1 heterocycles. The maximum absolute atomic E-state index is 13.2. The molecule has 0 radical (unpaired) electrons. The summed E-state index contributed by atoms with van der Waals surface area (Å²) in [6.45, 7) is 1.59. The molecular weight excluding hydrogens is 444 g/mol. The van der Waals surface area contributed by atoms with E-state index in [1.54, 1.807) is 55.5 Å². The van der Waals surface area contributed by atoms with Crippen LogP contribution < -0.4 is 10.7 Å². The van der Waals surface area contributed by atoms with Crippen molar-refractivity contribution >= 4 is 29.0 Å². The smallest absolute Gasteiger partial charge is 0.270 e. The lowest BCUT2D eigenvalue weighted by molar-refractivity contribution is -0.384. The molecule has 0 fully saturated rings. The number of aromatic nitrogens is 2. The Bertz CT molecular complexity index is 1430. The van der Waals surface area contributed by atoms with Crippen LogP contribution >= 0.6 is 11.6 Å². The van der Waals surface area contributed by atoms with E-state index >= 15 is 0 Å². The van der Waals surface area contributed by atoms with Crippen LogP contribution in [0, 0.1) is 17.0 Å². The highest BCUT2D eigenvalue weighted by Gasteiger charge is 2.21. The van der Waals surface area contributed by atoms with Crippen LogP contribution in [0.4, 0.5) is 11.5 Å². The molecule has 0 atom stereocenters. The van der Waals surface area contributed by atoms with Gasteiger partial charge in [0, 0.05) is 22.7 Å². The molecule has 0 unspecified atom stereocenters. The fraction of sp³-hybridized carbons (Fsp3) is 0.0417. The second-order valence-corrected chi connectivity index (χ2v) is 7.59. The highest BCUT2D eigenvalue weighted by molar-refractivity contribution is 6.30. The summed E-state index contributed by atoms with van der Waals surface area (Å²) in [4.78, 5) is 36.8. The fourth-order valence-corrected chi connectivity index (χ4v) is 3.55. The molecule has 1 amide bonds. The molecular formula is C24H17ClN4O4. The number of nitro groups is 1. The number of non-ortho nitro benzene ring substituents is 1. The van der Waals surface area contributed by atoms with E-state index in [0.29, 0.717) is 16.3 Å². The third kappa shape index (κ3) is 4.51. The zero-order valence-electron chi connectivity index (χ0n) is 17.4. The molecule has 1 aromatic heterocycles. The highest BCUT2D eigenvalue weighted by atomic mass is 35.5. The van der Waals surface area contributed by atoms with Gasteiger partial charge >= 0.3 is 0 Å². The third-order valence-electron chi connectivity index (χ3n) is 4.92. The molecule has 0 aliphatic rings. The first-order chi connectivity index (χ1) is 15.8. The molecule has 0 aliphatic heterocycles. The van der Waals surface area contributed by atoms with Gasteiger partial charge in [-0.2, -0.15) is 5.10 Å².